The largest absolute Gasteiger partial charge is 0.467 e. The van der Waals surface area contributed by atoms with Crippen molar-refractivity contribution in [2.45, 2.75) is 44.1 Å². The summed E-state index contributed by atoms with van der Waals surface area (Å²) in [6.07, 6.45) is 3.21. The first-order valence-electron chi connectivity index (χ1n) is 7.93. The van der Waals surface area contributed by atoms with Crippen molar-refractivity contribution in [3.05, 3.63) is 24.2 Å². The monoisotopic (exact) mass is 322 g/mol. The summed E-state index contributed by atoms with van der Waals surface area (Å²) in [5, 5.41) is 2.83. The quantitative estimate of drug-likeness (QED) is 0.863. The Morgan fingerprint density at radius 3 is 3.00 bits per heavy atom. The number of carbonyl (C=O) groups is 2. The van der Waals surface area contributed by atoms with Gasteiger partial charge in [-0.2, -0.15) is 0 Å². The van der Waals surface area contributed by atoms with Crippen molar-refractivity contribution in [1.29, 1.82) is 0 Å². The number of fused-ring (bicyclic) bond motifs is 1. The molecule has 126 valence electrons. The number of ether oxygens (including phenoxy) is 2. The standard InChI is InChI=1S/C16H22N2O5/c1-21-10-15(19)18-7-6-13-12(18)4-5-14(23-13)16(20)17-9-11-3-2-8-22-11/h2-3,8,12-14H,4-7,9-10H2,1H3,(H,17,20)/t12-,13-,14-/m1/s1. The lowest BCUT2D eigenvalue weighted by Gasteiger charge is -2.35. The smallest absolute Gasteiger partial charge is 0.249 e. The molecule has 1 aromatic rings. The molecule has 0 unspecified atom stereocenters. The molecule has 3 rings (SSSR count). The van der Waals surface area contributed by atoms with Gasteiger partial charge in [0.25, 0.3) is 0 Å². The van der Waals surface area contributed by atoms with Crippen LogP contribution in [0.4, 0.5) is 0 Å². The van der Waals surface area contributed by atoms with Gasteiger partial charge in [0.1, 0.15) is 18.5 Å². The van der Waals surface area contributed by atoms with Crippen LogP contribution in [0.2, 0.25) is 0 Å². The van der Waals surface area contributed by atoms with Gasteiger partial charge in [-0.05, 0) is 31.4 Å². The van der Waals surface area contributed by atoms with Crippen LogP contribution in [0.1, 0.15) is 25.0 Å². The van der Waals surface area contributed by atoms with E-state index in [1.807, 2.05) is 11.0 Å². The maximum Gasteiger partial charge on any atom is 0.249 e. The topological polar surface area (TPSA) is 81.0 Å². The lowest BCUT2D eigenvalue weighted by molar-refractivity contribution is -0.148. The molecule has 3 heterocycles. The van der Waals surface area contributed by atoms with Gasteiger partial charge in [0.2, 0.25) is 11.8 Å². The Balaban J connectivity index is 1.51. The zero-order valence-electron chi connectivity index (χ0n) is 13.2. The highest BCUT2D eigenvalue weighted by atomic mass is 16.5. The molecule has 0 bridgehead atoms. The van der Waals surface area contributed by atoms with Crippen molar-refractivity contribution in [2.75, 3.05) is 20.3 Å². The molecule has 1 N–H and O–H groups in total. The number of nitrogens with zero attached hydrogens (tertiary/aromatic N) is 1. The molecule has 2 amide bonds. The zero-order valence-corrected chi connectivity index (χ0v) is 13.2. The summed E-state index contributed by atoms with van der Waals surface area (Å²) in [5.74, 6) is 0.579. The van der Waals surface area contributed by atoms with Gasteiger partial charge in [-0.1, -0.05) is 0 Å². The van der Waals surface area contributed by atoms with E-state index < -0.39 is 6.10 Å². The first-order chi connectivity index (χ1) is 11.2. The van der Waals surface area contributed by atoms with Gasteiger partial charge in [0.15, 0.2) is 0 Å². The van der Waals surface area contributed by atoms with E-state index in [1.165, 1.54) is 7.11 Å². The number of nitrogens with one attached hydrogen (secondary N) is 1. The van der Waals surface area contributed by atoms with Gasteiger partial charge in [-0.15, -0.1) is 0 Å². The fourth-order valence-electron chi connectivity index (χ4n) is 3.34. The molecule has 3 atom stereocenters. The Hall–Kier alpha value is -1.86. The molecule has 1 aromatic heterocycles. The molecule has 2 aliphatic rings. The third-order valence-corrected chi connectivity index (χ3v) is 4.45. The van der Waals surface area contributed by atoms with E-state index in [0.717, 1.165) is 12.8 Å². The van der Waals surface area contributed by atoms with Crippen LogP contribution in [0.25, 0.3) is 0 Å². The second-order valence-corrected chi connectivity index (χ2v) is 5.91. The lowest BCUT2D eigenvalue weighted by atomic mass is 9.98. The second kappa shape index (κ2) is 7.14. The predicted octanol–water partition coefficient (Wildman–Crippen LogP) is 0.691. The first kappa shape index (κ1) is 16.0. The number of carbonyl (C=O) groups excluding carboxylic acids is 2. The van der Waals surface area contributed by atoms with Crippen molar-refractivity contribution >= 4 is 11.8 Å². The molecular formula is C16H22N2O5. The van der Waals surface area contributed by atoms with Gasteiger partial charge < -0.3 is 24.1 Å². The van der Waals surface area contributed by atoms with E-state index >= 15 is 0 Å². The van der Waals surface area contributed by atoms with Gasteiger partial charge in [-0.25, -0.2) is 0 Å². The van der Waals surface area contributed by atoms with E-state index in [9.17, 15) is 9.59 Å². The van der Waals surface area contributed by atoms with Crippen LogP contribution >= 0.6 is 0 Å². The summed E-state index contributed by atoms with van der Waals surface area (Å²) in [5.41, 5.74) is 0. The van der Waals surface area contributed by atoms with Crippen LogP contribution in [-0.4, -0.2) is 55.2 Å². The summed E-state index contributed by atoms with van der Waals surface area (Å²) in [6, 6.07) is 3.66. The number of methoxy groups -OCH3 is 1. The summed E-state index contributed by atoms with van der Waals surface area (Å²) in [7, 11) is 1.52. The predicted molar refractivity (Wildman–Crippen MR) is 80.4 cm³/mol. The molecule has 23 heavy (non-hydrogen) atoms. The van der Waals surface area contributed by atoms with Crippen LogP contribution in [0.15, 0.2) is 22.8 Å². The molecule has 0 radical (unpaired) electrons. The summed E-state index contributed by atoms with van der Waals surface area (Å²) >= 11 is 0. The highest BCUT2D eigenvalue weighted by Crippen LogP contribution is 2.31. The van der Waals surface area contributed by atoms with Gasteiger partial charge in [0.05, 0.1) is 25.0 Å². The van der Waals surface area contributed by atoms with Crippen molar-refractivity contribution in [2.24, 2.45) is 0 Å². The number of furan rings is 1. The highest BCUT2D eigenvalue weighted by molar-refractivity contribution is 5.81. The number of rotatable bonds is 5. The maximum absolute atomic E-state index is 12.2. The Bertz CT molecular complexity index is 545. The average molecular weight is 322 g/mol. The molecule has 2 aliphatic heterocycles. The Kier molecular flexibility index (Phi) is 4.97. The van der Waals surface area contributed by atoms with Crippen LogP contribution in [-0.2, 0) is 25.6 Å². The zero-order chi connectivity index (χ0) is 16.2. The molecule has 0 spiro atoms. The molecule has 0 aliphatic carbocycles. The fourth-order valence-corrected chi connectivity index (χ4v) is 3.34. The molecule has 7 heteroatoms. The molecule has 0 aromatic carbocycles. The van der Waals surface area contributed by atoms with Crippen LogP contribution in [0, 0.1) is 0 Å². The van der Waals surface area contributed by atoms with Crippen LogP contribution in [0.3, 0.4) is 0 Å². The average Bonchev–Trinajstić information content (AvgIpc) is 3.21. The van der Waals surface area contributed by atoms with Crippen LogP contribution < -0.4 is 5.32 Å². The van der Waals surface area contributed by atoms with Gasteiger partial charge in [0, 0.05) is 13.7 Å². The van der Waals surface area contributed by atoms with E-state index in [0.29, 0.717) is 25.3 Å². The van der Waals surface area contributed by atoms with Gasteiger partial charge in [-0.3, -0.25) is 9.59 Å². The molecular weight excluding hydrogens is 300 g/mol. The van der Waals surface area contributed by atoms with Crippen molar-refractivity contribution < 1.29 is 23.5 Å². The molecule has 2 fully saturated rings. The normalized spacial score (nSPS) is 26.8. The Morgan fingerprint density at radius 1 is 1.39 bits per heavy atom. The van der Waals surface area contributed by atoms with Crippen molar-refractivity contribution in [3.63, 3.8) is 0 Å². The number of likely N-dealkylation sites (tertiary alicyclic amines) is 1. The third kappa shape index (κ3) is 3.56. The van der Waals surface area contributed by atoms with Crippen molar-refractivity contribution in [1.82, 2.24) is 10.2 Å². The maximum atomic E-state index is 12.2. The summed E-state index contributed by atoms with van der Waals surface area (Å²) in [4.78, 5) is 26.1. The number of hydrogen-bond acceptors (Lipinski definition) is 5. The first-order valence-corrected chi connectivity index (χ1v) is 7.93. The van der Waals surface area contributed by atoms with Gasteiger partial charge >= 0.3 is 0 Å². The highest BCUT2D eigenvalue weighted by Gasteiger charge is 2.43. The lowest BCUT2D eigenvalue weighted by Crippen LogP contribution is -2.49. The fraction of sp³-hybridized carbons (Fsp3) is 0.625. The molecule has 7 nitrogen and oxygen atoms in total. The minimum Gasteiger partial charge on any atom is -0.467 e. The Morgan fingerprint density at radius 2 is 2.26 bits per heavy atom. The summed E-state index contributed by atoms with van der Waals surface area (Å²) in [6.45, 7) is 1.12. The van der Waals surface area contributed by atoms with Crippen molar-refractivity contribution in [3.8, 4) is 0 Å². The minimum atomic E-state index is -0.455. The second-order valence-electron chi connectivity index (χ2n) is 5.91. The summed E-state index contributed by atoms with van der Waals surface area (Å²) < 4.78 is 16.0. The Labute approximate surface area is 134 Å². The van der Waals surface area contributed by atoms with E-state index in [2.05, 4.69) is 5.32 Å². The SMILES string of the molecule is COCC(=O)N1CC[C@H]2O[C@@H](C(=O)NCc3ccco3)CC[C@H]21. The van der Waals surface area contributed by atoms with E-state index in [1.54, 1.807) is 12.3 Å². The number of hydrogen-bond donors (Lipinski definition) is 1. The minimum absolute atomic E-state index is 0.00989. The third-order valence-electron chi connectivity index (χ3n) is 4.45. The molecule has 0 saturated carbocycles. The molecule has 2 saturated heterocycles. The van der Waals surface area contributed by atoms with Crippen LogP contribution in [0.5, 0.6) is 0 Å². The van der Waals surface area contributed by atoms with E-state index in [4.69, 9.17) is 13.9 Å². The van der Waals surface area contributed by atoms with E-state index in [-0.39, 0.29) is 30.6 Å². The number of amides is 2.